The Morgan fingerprint density at radius 3 is 3.00 bits per heavy atom. The minimum Gasteiger partial charge on any atom is -0.472 e. The van der Waals surface area contributed by atoms with Crippen LogP contribution in [0, 0.1) is 5.92 Å². The van der Waals surface area contributed by atoms with Crippen LogP contribution in [0.25, 0.3) is 11.3 Å². The first-order valence-electron chi connectivity index (χ1n) is 7.67. The third-order valence-corrected chi connectivity index (χ3v) is 4.28. The number of carbonyl (C=O) groups is 1. The molecule has 4 rings (SSSR count). The molecule has 1 N–H and O–H groups in total. The van der Waals surface area contributed by atoms with Crippen molar-refractivity contribution in [1.82, 2.24) is 19.7 Å². The van der Waals surface area contributed by atoms with Crippen molar-refractivity contribution in [2.75, 3.05) is 13.1 Å². The maximum absolute atomic E-state index is 12.5. The lowest BCUT2D eigenvalue weighted by Gasteiger charge is -2.38. The van der Waals surface area contributed by atoms with E-state index in [1.165, 1.54) is 5.56 Å². The molecule has 1 fully saturated rings. The topological polar surface area (TPSA) is 67.1 Å². The van der Waals surface area contributed by atoms with Gasteiger partial charge in [0.05, 0.1) is 18.2 Å². The predicted octanol–water partition coefficient (Wildman–Crippen LogP) is 2.32. The van der Waals surface area contributed by atoms with Gasteiger partial charge < -0.3 is 13.9 Å². The van der Waals surface area contributed by atoms with Crippen LogP contribution in [0.5, 0.6) is 0 Å². The van der Waals surface area contributed by atoms with Gasteiger partial charge in [-0.2, -0.15) is 5.10 Å². The van der Waals surface area contributed by atoms with Gasteiger partial charge in [-0.15, -0.1) is 0 Å². The van der Waals surface area contributed by atoms with Gasteiger partial charge in [0.1, 0.15) is 5.69 Å². The molecule has 6 heteroatoms. The molecular formula is C17H18N4O2. The number of furan rings is 1. The van der Waals surface area contributed by atoms with Crippen molar-refractivity contribution >= 4 is 5.91 Å². The molecule has 0 aliphatic carbocycles. The van der Waals surface area contributed by atoms with Gasteiger partial charge in [0, 0.05) is 38.1 Å². The highest BCUT2D eigenvalue weighted by atomic mass is 16.3. The molecule has 1 aliphatic rings. The van der Waals surface area contributed by atoms with Gasteiger partial charge in [0.15, 0.2) is 0 Å². The Hall–Kier alpha value is -2.76. The van der Waals surface area contributed by atoms with E-state index in [-0.39, 0.29) is 5.91 Å². The van der Waals surface area contributed by atoms with Crippen LogP contribution in [0.4, 0.5) is 0 Å². The van der Waals surface area contributed by atoms with Crippen molar-refractivity contribution in [2.45, 2.75) is 6.42 Å². The number of nitrogens with zero attached hydrogens (tertiary/aromatic N) is 3. The number of aryl methyl sites for hydroxylation is 1. The second-order valence-corrected chi connectivity index (χ2v) is 6.14. The van der Waals surface area contributed by atoms with E-state index in [0.29, 0.717) is 11.6 Å². The quantitative estimate of drug-likeness (QED) is 0.804. The van der Waals surface area contributed by atoms with Crippen molar-refractivity contribution in [3.8, 4) is 11.3 Å². The Morgan fingerprint density at radius 1 is 1.43 bits per heavy atom. The first kappa shape index (κ1) is 13.9. The Kier molecular flexibility index (Phi) is 3.29. The van der Waals surface area contributed by atoms with Crippen molar-refractivity contribution in [1.29, 1.82) is 0 Å². The molecule has 1 amide bonds. The van der Waals surface area contributed by atoms with Gasteiger partial charge in [-0.05, 0) is 36.1 Å². The van der Waals surface area contributed by atoms with Crippen LogP contribution in [0.3, 0.4) is 0 Å². The molecular weight excluding hydrogens is 292 g/mol. The molecule has 1 saturated heterocycles. The van der Waals surface area contributed by atoms with Crippen molar-refractivity contribution in [3.63, 3.8) is 0 Å². The Bertz CT molecular complexity index is 809. The fourth-order valence-electron chi connectivity index (χ4n) is 3.01. The van der Waals surface area contributed by atoms with E-state index < -0.39 is 0 Å². The number of likely N-dealkylation sites (tertiary alicyclic amines) is 1. The number of nitrogens with one attached hydrogen (secondary N) is 1. The van der Waals surface area contributed by atoms with Crippen LogP contribution in [0.15, 0.2) is 47.5 Å². The minimum atomic E-state index is 0.0168. The summed E-state index contributed by atoms with van der Waals surface area (Å²) in [5.41, 5.74) is 3.54. The average Bonchev–Trinajstić information content (AvgIpc) is 3.22. The molecule has 0 aromatic carbocycles. The fourth-order valence-corrected chi connectivity index (χ4v) is 3.01. The number of carbonyl (C=O) groups excluding carboxylic acids is 1. The van der Waals surface area contributed by atoms with Crippen LogP contribution in [-0.4, -0.2) is 38.7 Å². The fraction of sp³-hybridized carbons (Fsp3) is 0.294. The first-order chi connectivity index (χ1) is 11.2. The SMILES string of the molecule is Cn1ccc(-c2cc(C(=O)N3CC(Cc4ccoc4)C3)[nH]n2)c1. The third-order valence-electron chi connectivity index (χ3n) is 4.28. The molecule has 0 radical (unpaired) electrons. The number of hydrogen-bond donors (Lipinski definition) is 1. The lowest BCUT2D eigenvalue weighted by molar-refractivity contribution is 0.0495. The zero-order valence-electron chi connectivity index (χ0n) is 12.9. The van der Waals surface area contributed by atoms with E-state index in [4.69, 9.17) is 4.42 Å². The predicted molar refractivity (Wildman–Crippen MR) is 84.8 cm³/mol. The largest absolute Gasteiger partial charge is 0.472 e. The number of H-pyrrole nitrogens is 1. The molecule has 3 aromatic heterocycles. The summed E-state index contributed by atoms with van der Waals surface area (Å²) in [6, 6.07) is 5.78. The van der Waals surface area contributed by atoms with Gasteiger partial charge in [-0.25, -0.2) is 0 Å². The normalized spacial score (nSPS) is 14.9. The van der Waals surface area contributed by atoms with E-state index in [9.17, 15) is 4.79 Å². The molecule has 118 valence electrons. The summed E-state index contributed by atoms with van der Waals surface area (Å²) < 4.78 is 7.04. The van der Waals surface area contributed by atoms with Gasteiger partial charge in [0.2, 0.25) is 0 Å². The van der Waals surface area contributed by atoms with E-state index >= 15 is 0 Å². The summed E-state index contributed by atoms with van der Waals surface area (Å²) in [7, 11) is 1.96. The molecule has 0 bridgehead atoms. The van der Waals surface area contributed by atoms with E-state index in [2.05, 4.69) is 10.2 Å². The summed E-state index contributed by atoms with van der Waals surface area (Å²) in [6.07, 6.45) is 8.35. The second kappa shape index (κ2) is 5.46. The van der Waals surface area contributed by atoms with Gasteiger partial charge in [-0.1, -0.05) is 0 Å². The molecule has 1 aliphatic heterocycles. The number of aromatic amines is 1. The highest BCUT2D eigenvalue weighted by Gasteiger charge is 2.32. The molecule has 23 heavy (non-hydrogen) atoms. The number of rotatable bonds is 4. The van der Waals surface area contributed by atoms with Crippen LogP contribution in [0.1, 0.15) is 16.1 Å². The summed E-state index contributed by atoms with van der Waals surface area (Å²) in [5, 5.41) is 7.10. The third kappa shape index (κ3) is 2.67. The van der Waals surface area contributed by atoms with E-state index in [1.54, 1.807) is 12.5 Å². The average molecular weight is 310 g/mol. The monoisotopic (exact) mass is 310 g/mol. The minimum absolute atomic E-state index is 0.0168. The smallest absolute Gasteiger partial charge is 0.271 e. The number of amides is 1. The number of aromatic nitrogens is 3. The maximum Gasteiger partial charge on any atom is 0.271 e. The van der Waals surface area contributed by atoms with Crippen molar-refractivity contribution in [3.05, 3.63) is 54.4 Å². The second-order valence-electron chi connectivity index (χ2n) is 6.14. The van der Waals surface area contributed by atoms with Crippen LogP contribution < -0.4 is 0 Å². The van der Waals surface area contributed by atoms with Crippen LogP contribution in [-0.2, 0) is 13.5 Å². The summed E-state index contributed by atoms with van der Waals surface area (Å²) in [4.78, 5) is 14.3. The zero-order chi connectivity index (χ0) is 15.8. The zero-order valence-corrected chi connectivity index (χ0v) is 12.9. The molecule has 3 aromatic rings. The Morgan fingerprint density at radius 2 is 2.30 bits per heavy atom. The van der Waals surface area contributed by atoms with Gasteiger partial charge in [0.25, 0.3) is 5.91 Å². The van der Waals surface area contributed by atoms with E-state index in [1.807, 2.05) is 47.1 Å². The summed E-state index contributed by atoms with van der Waals surface area (Å²) in [5.74, 6) is 0.524. The highest BCUT2D eigenvalue weighted by molar-refractivity contribution is 5.93. The highest BCUT2D eigenvalue weighted by Crippen LogP contribution is 2.24. The standard InChI is InChI=1S/C17H18N4O2/c1-20-4-2-14(10-20)15-7-16(19-18-15)17(22)21-8-13(9-21)6-12-3-5-23-11-12/h2-5,7,10-11,13H,6,8-9H2,1H3,(H,18,19). The number of hydrogen-bond acceptors (Lipinski definition) is 3. The molecule has 4 heterocycles. The molecule has 6 nitrogen and oxygen atoms in total. The summed E-state index contributed by atoms with van der Waals surface area (Å²) in [6.45, 7) is 1.56. The molecule has 0 atom stereocenters. The van der Waals surface area contributed by atoms with Crippen LogP contribution in [0.2, 0.25) is 0 Å². The lowest BCUT2D eigenvalue weighted by atomic mass is 9.93. The molecule has 0 unspecified atom stereocenters. The Balaban J connectivity index is 1.38. The Labute approximate surface area is 133 Å². The van der Waals surface area contributed by atoms with Gasteiger partial charge in [-0.3, -0.25) is 9.89 Å². The molecule has 0 saturated carbocycles. The molecule has 0 spiro atoms. The van der Waals surface area contributed by atoms with Crippen molar-refractivity contribution in [2.24, 2.45) is 13.0 Å². The van der Waals surface area contributed by atoms with Crippen molar-refractivity contribution < 1.29 is 9.21 Å². The first-order valence-corrected chi connectivity index (χ1v) is 7.67. The summed E-state index contributed by atoms with van der Waals surface area (Å²) >= 11 is 0. The van der Waals surface area contributed by atoms with E-state index in [0.717, 1.165) is 30.8 Å². The maximum atomic E-state index is 12.5. The lowest BCUT2D eigenvalue weighted by Crippen LogP contribution is -2.50. The van der Waals surface area contributed by atoms with Crippen LogP contribution >= 0.6 is 0 Å². The van der Waals surface area contributed by atoms with Gasteiger partial charge >= 0.3 is 0 Å².